The fourth-order valence-corrected chi connectivity index (χ4v) is 4.52. The van der Waals surface area contributed by atoms with Crippen LogP contribution in [0.1, 0.15) is 18.4 Å². The molecule has 2 amide bonds. The van der Waals surface area contributed by atoms with Crippen LogP contribution in [0.15, 0.2) is 29.2 Å². The van der Waals surface area contributed by atoms with Crippen LogP contribution in [-0.4, -0.2) is 70.6 Å². The maximum Gasteiger partial charge on any atom is 0.266 e. The van der Waals surface area contributed by atoms with E-state index in [4.69, 9.17) is 23.8 Å². The highest BCUT2D eigenvalue weighted by Gasteiger charge is 2.32. The molecule has 144 valence electrons. The maximum absolute atomic E-state index is 12.7. The summed E-state index contributed by atoms with van der Waals surface area (Å²) in [4.78, 5) is 31.2. The molecule has 2 fully saturated rings. The molecule has 0 aliphatic carbocycles. The second kappa shape index (κ2) is 9.19. The second-order valence-electron chi connectivity index (χ2n) is 6.64. The van der Waals surface area contributed by atoms with Crippen LogP contribution in [0.2, 0.25) is 5.02 Å². The van der Waals surface area contributed by atoms with E-state index >= 15 is 0 Å². The van der Waals surface area contributed by atoms with Crippen LogP contribution in [0.4, 0.5) is 0 Å². The molecule has 0 saturated carbocycles. The lowest BCUT2D eigenvalue weighted by molar-refractivity contribution is -0.133. The van der Waals surface area contributed by atoms with Gasteiger partial charge in [0.2, 0.25) is 5.91 Å². The summed E-state index contributed by atoms with van der Waals surface area (Å²) in [5.74, 6) is 0.0390. The van der Waals surface area contributed by atoms with Crippen molar-refractivity contribution < 1.29 is 9.59 Å². The number of amides is 2. The number of thiocarbonyl (C=S) groups is 1. The number of carbonyl (C=O) groups is 2. The lowest BCUT2D eigenvalue weighted by Crippen LogP contribution is -2.47. The van der Waals surface area contributed by atoms with Crippen molar-refractivity contribution in [3.05, 3.63) is 39.8 Å². The lowest BCUT2D eigenvalue weighted by Gasteiger charge is -2.32. The molecule has 2 heterocycles. The monoisotopic (exact) mass is 423 g/mol. The zero-order valence-corrected chi connectivity index (χ0v) is 17.6. The first kappa shape index (κ1) is 20.3. The minimum atomic E-state index is -0.114. The molecule has 0 atom stereocenters. The molecule has 2 aliphatic heterocycles. The van der Waals surface area contributed by atoms with E-state index in [2.05, 4.69) is 11.9 Å². The fourth-order valence-electron chi connectivity index (χ4n) is 3.03. The molecule has 2 saturated heterocycles. The van der Waals surface area contributed by atoms with E-state index in [9.17, 15) is 9.59 Å². The standard InChI is InChI=1S/C19H22ClN3O2S2/c1-21-9-11-22(12-10-21)17(24)7-4-8-23-18(25)16(27-19(23)26)13-14-5-2-3-6-15(14)20/h2-3,5-6,13H,4,7-12H2,1H3/b16-13+. The van der Waals surface area contributed by atoms with Crippen molar-refractivity contribution in [2.75, 3.05) is 39.8 Å². The van der Waals surface area contributed by atoms with E-state index in [0.29, 0.717) is 33.6 Å². The number of hydrogen-bond donors (Lipinski definition) is 0. The van der Waals surface area contributed by atoms with Crippen LogP contribution in [0.5, 0.6) is 0 Å². The summed E-state index contributed by atoms with van der Waals surface area (Å²) in [5, 5.41) is 0.598. The Labute approximate surface area is 174 Å². The van der Waals surface area contributed by atoms with Crippen molar-refractivity contribution in [2.24, 2.45) is 0 Å². The highest BCUT2D eigenvalue weighted by molar-refractivity contribution is 8.26. The van der Waals surface area contributed by atoms with Crippen LogP contribution < -0.4 is 0 Å². The SMILES string of the molecule is CN1CCN(C(=O)CCCN2C(=O)/C(=C\c3ccccc3Cl)SC2=S)CC1. The van der Waals surface area contributed by atoms with E-state index < -0.39 is 0 Å². The Bertz CT molecular complexity index is 776. The first-order valence-corrected chi connectivity index (χ1v) is 10.5. The maximum atomic E-state index is 12.7. The van der Waals surface area contributed by atoms with Crippen molar-refractivity contribution >= 4 is 57.8 Å². The molecule has 0 spiro atoms. The summed E-state index contributed by atoms with van der Waals surface area (Å²) in [5.41, 5.74) is 0.796. The molecule has 3 rings (SSSR count). The normalized spacial score (nSPS) is 20.0. The number of carbonyl (C=O) groups excluding carboxylic acids is 2. The number of hydrogen-bond acceptors (Lipinski definition) is 5. The van der Waals surface area contributed by atoms with Gasteiger partial charge in [-0.1, -0.05) is 53.8 Å². The van der Waals surface area contributed by atoms with Gasteiger partial charge in [-0.05, 0) is 31.2 Å². The molecular weight excluding hydrogens is 402 g/mol. The molecule has 27 heavy (non-hydrogen) atoms. The Hall–Kier alpha value is -1.41. The van der Waals surface area contributed by atoms with Gasteiger partial charge in [0.1, 0.15) is 4.32 Å². The van der Waals surface area contributed by atoms with Gasteiger partial charge in [0, 0.05) is 44.2 Å². The molecular formula is C19H22ClN3O2S2. The largest absolute Gasteiger partial charge is 0.340 e. The average molecular weight is 424 g/mol. The highest BCUT2D eigenvalue weighted by Crippen LogP contribution is 2.33. The second-order valence-corrected chi connectivity index (χ2v) is 8.73. The fraction of sp³-hybridized carbons (Fsp3) is 0.421. The van der Waals surface area contributed by atoms with Crippen molar-refractivity contribution in [1.29, 1.82) is 0 Å². The lowest BCUT2D eigenvalue weighted by atomic mass is 10.2. The van der Waals surface area contributed by atoms with Gasteiger partial charge in [0.15, 0.2) is 0 Å². The number of benzene rings is 1. The molecule has 1 aromatic carbocycles. The average Bonchev–Trinajstić information content (AvgIpc) is 2.91. The van der Waals surface area contributed by atoms with Gasteiger partial charge in [0.05, 0.1) is 4.91 Å². The molecule has 0 unspecified atom stereocenters. The van der Waals surface area contributed by atoms with Crippen LogP contribution in [-0.2, 0) is 9.59 Å². The Morgan fingerprint density at radius 1 is 1.26 bits per heavy atom. The minimum absolute atomic E-state index is 0.114. The number of rotatable bonds is 5. The first-order chi connectivity index (χ1) is 13.0. The number of likely N-dealkylation sites (N-methyl/N-ethyl adjacent to an activating group) is 1. The van der Waals surface area contributed by atoms with Crippen molar-refractivity contribution in [2.45, 2.75) is 12.8 Å². The smallest absolute Gasteiger partial charge is 0.266 e. The van der Waals surface area contributed by atoms with Crippen LogP contribution >= 0.6 is 35.6 Å². The molecule has 5 nitrogen and oxygen atoms in total. The van der Waals surface area contributed by atoms with E-state index in [1.54, 1.807) is 17.0 Å². The van der Waals surface area contributed by atoms with Gasteiger partial charge < -0.3 is 9.80 Å². The Morgan fingerprint density at radius 2 is 1.96 bits per heavy atom. The number of piperazine rings is 1. The predicted octanol–water partition coefficient (Wildman–Crippen LogP) is 3.10. The third-order valence-electron chi connectivity index (χ3n) is 4.69. The van der Waals surface area contributed by atoms with Gasteiger partial charge in [-0.2, -0.15) is 0 Å². The minimum Gasteiger partial charge on any atom is -0.340 e. The zero-order valence-electron chi connectivity index (χ0n) is 15.2. The summed E-state index contributed by atoms with van der Waals surface area (Å²) in [6, 6.07) is 7.38. The van der Waals surface area contributed by atoms with Gasteiger partial charge in [-0.15, -0.1) is 0 Å². The third-order valence-corrected chi connectivity index (χ3v) is 6.42. The third kappa shape index (κ3) is 5.10. The highest BCUT2D eigenvalue weighted by atomic mass is 35.5. The van der Waals surface area contributed by atoms with E-state index in [1.807, 2.05) is 23.1 Å². The van der Waals surface area contributed by atoms with E-state index in [1.165, 1.54) is 11.8 Å². The Morgan fingerprint density at radius 3 is 2.67 bits per heavy atom. The Kier molecular flexibility index (Phi) is 6.92. The van der Waals surface area contributed by atoms with Crippen molar-refractivity contribution in [3.63, 3.8) is 0 Å². The van der Waals surface area contributed by atoms with Gasteiger partial charge in [0.25, 0.3) is 5.91 Å². The first-order valence-electron chi connectivity index (χ1n) is 8.92. The molecule has 0 aromatic heterocycles. The number of nitrogens with zero attached hydrogens (tertiary/aromatic N) is 3. The summed E-state index contributed by atoms with van der Waals surface area (Å²) in [6.07, 6.45) is 2.82. The predicted molar refractivity (Wildman–Crippen MR) is 115 cm³/mol. The topological polar surface area (TPSA) is 43.9 Å². The number of thioether (sulfide) groups is 1. The van der Waals surface area contributed by atoms with Gasteiger partial charge in [-0.3, -0.25) is 14.5 Å². The summed E-state index contributed by atoms with van der Waals surface area (Å²) in [7, 11) is 2.06. The van der Waals surface area contributed by atoms with Crippen molar-refractivity contribution in [1.82, 2.24) is 14.7 Å². The summed E-state index contributed by atoms with van der Waals surface area (Å²) >= 11 is 12.8. The van der Waals surface area contributed by atoms with Crippen LogP contribution in [0.3, 0.4) is 0 Å². The van der Waals surface area contributed by atoms with Gasteiger partial charge >= 0.3 is 0 Å². The molecule has 1 aromatic rings. The van der Waals surface area contributed by atoms with Crippen LogP contribution in [0, 0.1) is 0 Å². The molecule has 0 N–H and O–H groups in total. The Balaban J connectivity index is 1.53. The van der Waals surface area contributed by atoms with Gasteiger partial charge in [-0.25, -0.2) is 0 Å². The molecule has 0 bridgehead atoms. The molecule has 8 heteroatoms. The summed E-state index contributed by atoms with van der Waals surface area (Å²) < 4.78 is 0.533. The summed E-state index contributed by atoms with van der Waals surface area (Å²) in [6.45, 7) is 3.83. The van der Waals surface area contributed by atoms with Crippen LogP contribution in [0.25, 0.3) is 6.08 Å². The van der Waals surface area contributed by atoms with E-state index in [-0.39, 0.29) is 11.8 Å². The van der Waals surface area contributed by atoms with E-state index in [0.717, 1.165) is 31.7 Å². The molecule has 2 aliphatic rings. The molecule has 0 radical (unpaired) electrons. The zero-order chi connectivity index (χ0) is 19.4. The quantitative estimate of drug-likeness (QED) is 0.537. The number of halogens is 1. The van der Waals surface area contributed by atoms with Crippen molar-refractivity contribution in [3.8, 4) is 0 Å².